The van der Waals surface area contributed by atoms with Gasteiger partial charge in [-0.1, -0.05) is 12.1 Å². The summed E-state index contributed by atoms with van der Waals surface area (Å²) in [6.45, 7) is 6.00. The summed E-state index contributed by atoms with van der Waals surface area (Å²) in [5, 5.41) is 3.79. The van der Waals surface area contributed by atoms with Gasteiger partial charge in [-0.25, -0.2) is 13.8 Å². The molecule has 3 N–H and O–H groups in total. The predicted molar refractivity (Wildman–Crippen MR) is 146 cm³/mol. The molecule has 1 unspecified atom stereocenters. The number of aromatic amines is 1. The van der Waals surface area contributed by atoms with Crippen LogP contribution in [0.4, 0.5) is 20.2 Å². The van der Waals surface area contributed by atoms with E-state index in [4.69, 9.17) is 0 Å². The smallest absolute Gasteiger partial charge is 0.201 e. The molecular weight excluding hydrogens is 510 g/mol. The summed E-state index contributed by atoms with van der Waals surface area (Å²) in [5.74, 6) is -2.94. The highest BCUT2D eigenvalue weighted by Crippen LogP contribution is 2.30. The maximum Gasteiger partial charge on any atom is 0.201 e. The first kappa shape index (κ1) is 26.1. The molecule has 1 atom stereocenters. The van der Waals surface area contributed by atoms with Gasteiger partial charge in [0, 0.05) is 74.4 Å². The van der Waals surface area contributed by atoms with Gasteiger partial charge in [0.15, 0.2) is 17.4 Å². The van der Waals surface area contributed by atoms with E-state index in [1.54, 1.807) is 26.2 Å². The molecule has 0 aliphatic carbocycles. The van der Waals surface area contributed by atoms with Crippen molar-refractivity contribution in [1.82, 2.24) is 19.6 Å². The van der Waals surface area contributed by atoms with Crippen LogP contribution in [-0.2, 0) is 11.5 Å². The quantitative estimate of drug-likeness (QED) is 0.230. The second-order valence-corrected chi connectivity index (χ2v) is 10.3. The van der Waals surface area contributed by atoms with E-state index in [9.17, 15) is 13.7 Å². The summed E-state index contributed by atoms with van der Waals surface area (Å²) in [5.41, 5.74) is 2.38. The maximum atomic E-state index is 15.3. The summed E-state index contributed by atoms with van der Waals surface area (Å²) in [6, 6.07) is 12.0. The Hall–Kier alpha value is -3.51. The molecule has 8 nitrogen and oxygen atoms in total. The first-order chi connectivity index (χ1) is 18.4. The predicted octanol–water partition coefficient (Wildman–Crippen LogP) is 4.09. The normalized spacial score (nSPS) is 14.7. The third kappa shape index (κ3) is 5.10. The average molecular weight is 539 g/mol. The lowest BCUT2D eigenvalue weighted by Gasteiger charge is -2.29. The highest BCUT2D eigenvalue weighted by Gasteiger charge is 2.27. The molecule has 0 amide bonds. The standard InChI is InChI=1S/C27H28F2N6O2S/c1-3-34(2)38(37)33-23-9-8-22(28)24(25(23)29)26(36)21-16-32-27-20(21)14-18(15-31-27)17-4-6-19(7-5-17)35-12-10-30-11-13-35/h4-9,14-16,30,33H,3,10-13H2,1-2H3,(H,31,32). The molecule has 3 heterocycles. The van der Waals surface area contributed by atoms with E-state index in [0.29, 0.717) is 17.6 Å². The van der Waals surface area contributed by atoms with Crippen LogP contribution in [0.15, 0.2) is 54.9 Å². The number of benzene rings is 2. The van der Waals surface area contributed by atoms with Crippen molar-refractivity contribution in [2.75, 3.05) is 49.4 Å². The SMILES string of the molecule is CCN(C)[S+]([O-])Nc1ccc(F)c(C(=O)c2c[nH]c3ncc(-c4ccc(N5CCNCC5)cc4)cc23)c1F. The zero-order valence-corrected chi connectivity index (χ0v) is 21.9. The Balaban J connectivity index is 1.46. The molecule has 0 spiro atoms. The molecule has 0 radical (unpaired) electrons. The number of H-pyrrole nitrogens is 1. The lowest BCUT2D eigenvalue weighted by Crippen LogP contribution is -2.43. The number of hydrogen-bond donors (Lipinski definition) is 3. The lowest BCUT2D eigenvalue weighted by atomic mass is 9.99. The minimum atomic E-state index is -1.75. The number of rotatable bonds is 8. The number of nitrogens with one attached hydrogen (secondary N) is 3. The number of halogens is 2. The zero-order valence-electron chi connectivity index (χ0n) is 21.1. The summed E-state index contributed by atoms with van der Waals surface area (Å²) in [7, 11) is 1.59. The van der Waals surface area contributed by atoms with Crippen LogP contribution in [0.2, 0.25) is 0 Å². The number of carbonyl (C=O) groups excluding carboxylic acids is 1. The van der Waals surface area contributed by atoms with Crippen molar-refractivity contribution >= 4 is 39.7 Å². The maximum absolute atomic E-state index is 15.3. The molecule has 0 saturated carbocycles. The number of ketones is 1. The van der Waals surface area contributed by atoms with E-state index in [1.807, 2.05) is 12.1 Å². The first-order valence-corrected chi connectivity index (χ1v) is 13.4. The van der Waals surface area contributed by atoms with Crippen molar-refractivity contribution in [1.29, 1.82) is 0 Å². The van der Waals surface area contributed by atoms with Crippen LogP contribution in [0.3, 0.4) is 0 Å². The monoisotopic (exact) mass is 538 g/mol. The largest absolute Gasteiger partial charge is 0.573 e. The molecule has 198 valence electrons. The van der Waals surface area contributed by atoms with Gasteiger partial charge in [0.2, 0.25) is 5.78 Å². The molecule has 11 heteroatoms. The fourth-order valence-corrected chi connectivity index (χ4v) is 5.14. The van der Waals surface area contributed by atoms with Crippen molar-refractivity contribution in [3.63, 3.8) is 0 Å². The second-order valence-electron chi connectivity index (χ2n) is 9.01. The van der Waals surface area contributed by atoms with E-state index < -0.39 is 34.5 Å². The number of nitrogens with zero attached hydrogens (tertiary/aromatic N) is 3. The Kier molecular flexibility index (Phi) is 7.61. The van der Waals surface area contributed by atoms with Crippen molar-refractivity contribution in [2.45, 2.75) is 6.92 Å². The van der Waals surface area contributed by atoms with Crippen LogP contribution in [0.25, 0.3) is 22.2 Å². The number of anilines is 2. The van der Waals surface area contributed by atoms with Gasteiger partial charge < -0.3 is 19.8 Å². The van der Waals surface area contributed by atoms with Gasteiger partial charge in [0.05, 0.1) is 5.56 Å². The van der Waals surface area contributed by atoms with Crippen LogP contribution >= 0.6 is 0 Å². The molecule has 1 aliphatic heterocycles. The molecule has 5 rings (SSSR count). The molecule has 1 fully saturated rings. The van der Waals surface area contributed by atoms with Gasteiger partial charge in [-0.3, -0.25) is 4.79 Å². The number of fused-ring (bicyclic) bond motifs is 1. The number of aromatic nitrogens is 2. The molecule has 38 heavy (non-hydrogen) atoms. The highest BCUT2D eigenvalue weighted by molar-refractivity contribution is 7.90. The van der Waals surface area contributed by atoms with Crippen LogP contribution in [0.5, 0.6) is 0 Å². The fraction of sp³-hybridized carbons (Fsp3) is 0.259. The number of piperazine rings is 1. The van der Waals surface area contributed by atoms with Crippen LogP contribution in [0, 0.1) is 11.6 Å². The number of pyridine rings is 1. The third-order valence-electron chi connectivity index (χ3n) is 6.70. The Bertz CT molecular complexity index is 1460. The Morgan fingerprint density at radius 2 is 1.89 bits per heavy atom. The average Bonchev–Trinajstić information content (AvgIpc) is 3.38. The van der Waals surface area contributed by atoms with Crippen LogP contribution in [-0.4, -0.2) is 64.4 Å². The zero-order chi connectivity index (χ0) is 26.8. The van der Waals surface area contributed by atoms with E-state index in [1.165, 1.54) is 10.5 Å². The first-order valence-electron chi connectivity index (χ1n) is 12.3. The lowest BCUT2D eigenvalue weighted by molar-refractivity contribution is 0.103. The number of carbonyl (C=O) groups is 1. The van der Waals surface area contributed by atoms with E-state index in [2.05, 4.69) is 37.0 Å². The molecule has 1 saturated heterocycles. The van der Waals surface area contributed by atoms with E-state index in [0.717, 1.165) is 55.1 Å². The van der Waals surface area contributed by atoms with Crippen molar-refractivity contribution in [3.8, 4) is 11.1 Å². The van der Waals surface area contributed by atoms with E-state index in [-0.39, 0.29) is 11.3 Å². The third-order valence-corrected chi connectivity index (χ3v) is 7.92. The van der Waals surface area contributed by atoms with Crippen LogP contribution < -0.4 is 14.9 Å². The Labute approximate surface area is 222 Å². The Morgan fingerprint density at radius 3 is 2.61 bits per heavy atom. The van der Waals surface area contributed by atoms with Gasteiger partial charge in [0.25, 0.3) is 0 Å². The summed E-state index contributed by atoms with van der Waals surface area (Å²) < 4.78 is 46.3. The van der Waals surface area contributed by atoms with Gasteiger partial charge in [-0.2, -0.15) is 4.72 Å². The van der Waals surface area contributed by atoms with Gasteiger partial charge in [-0.15, -0.1) is 4.31 Å². The number of hydrogen-bond acceptors (Lipinski definition) is 7. The second kappa shape index (κ2) is 11.1. The van der Waals surface area contributed by atoms with Gasteiger partial charge in [-0.05, 0) is 42.8 Å². The highest BCUT2D eigenvalue weighted by atomic mass is 32.2. The van der Waals surface area contributed by atoms with Crippen LogP contribution in [0.1, 0.15) is 22.8 Å². The topological polar surface area (TPSA) is 99.3 Å². The molecule has 4 aromatic rings. The molecule has 2 aromatic heterocycles. The van der Waals surface area contributed by atoms with Crippen molar-refractivity contribution in [2.24, 2.45) is 0 Å². The Morgan fingerprint density at radius 1 is 1.16 bits per heavy atom. The van der Waals surface area contributed by atoms with Crippen molar-refractivity contribution < 1.29 is 18.1 Å². The summed E-state index contributed by atoms with van der Waals surface area (Å²) >= 11 is -1.75. The fourth-order valence-electron chi connectivity index (χ4n) is 4.40. The summed E-state index contributed by atoms with van der Waals surface area (Å²) in [6.07, 6.45) is 3.09. The summed E-state index contributed by atoms with van der Waals surface area (Å²) in [4.78, 5) is 23.1. The molecule has 1 aliphatic rings. The minimum Gasteiger partial charge on any atom is -0.573 e. The molecular formula is C27H28F2N6O2S. The minimum absolute atomic E-state index is 0.0912. The van der Waals surface area contributed by atoms with Gasteiger partial charge >= 0.3 is 0 Å². The molecule has 2 aromatic carbocycles. The van der Waals surface area contributed by atoms with Gasteiger partial charge in [0.1, 0.15) is 17.2 Å². The van der Waals surface area contributed by atoms with E-state index >= 15 is 4.39 Å². The van der Waals surface area contributed by atoms with Crippen molar-refractivity contribution in [3.05, 3.63) is 77.6 Å². The molecule has 0 bridgehead atoms.